The largest absolute Gasteiger partial charge is 0.468 e. The van der Waals surface area contributed by atoms with Crippen molar-refractivity contribution in [2.75, 3.05) is 5.43 Å². The lowest BCUT2D eigenvalue weighted by molar-refractivity contribution is 0.527. The predicted octanol–water partition coefficient (Wildman–Crippen LogP) is 2.02. The highest BCUT2D eigenvalue weighted by molar-refractivity contribution is 7.98. The van der Waals surface area contributed by atoms with E-state index in [-0.39, 0.29) is 0 Å². The molecule has 2 heterocycles. The molecule has 5 nitrogen and oxygen atoms in total. The zero-order chi connectivity index (χ0) is 10.7. The number of anilines is 1. The summed E-state index contributed by atoms with van der Waals surface area (Å²) in [5, 5.41) is 4.80. The Morgan fingerprint density at radius 2 is 2.53 bits per heavy atom. The van der Waals surface area contributed by atoms with E-state index in [2.05, 4.69) is 15.0 Å². The van der Waals surface area contributed by atoms with Gasteiger partial charge < -0.3 is 9.84 Å². The molecule has 0 saturated heterocycles. The van der Waals surface area contributed by atoms with E-state index in [9.17, 15) is 0 Å². The summed E-state index contributed by atoms with van der Waals surface area (Å²) in [6.45, 7) is 1.93. The zero-order valence-corrected chi connectivity index (χ0v) is 9.69. The third-order valence-electron chi connectivity index (χ3n) is 1.86. The van der Waals surface area contributed by atoms with Crippen LogP contribution in [0.3, 0.4) is 0 Å². The monoisotopic (exact) mass is 242 g/mol. The van der Waals surface area contributed by atoms with Crippen molar-refractivity contribution in [2.24, 2.45) is 5.84 Å². The molecule has 0 unspecified atom stereocenters. The summed E-state index contributed by atoms with van der Waals surface area (Å²) < 4.78 is 9.02. The molecule has 0 aliphatic heterocycles. The number of hydrazine groups is 1. The maximum Gasteiger partial charge on any atom is 0.148 e. The topological polar surface area (TPSA) is 77.0 Å². The third-order valence-corrected chi connectivity index (χ3v) is 3.71. The molecule has 0 fully saturated rings. The second-order valence-electron chi connectivity index (χ2n) is 2.82. The molecule has 0 aliphatic rings. The molecule has 0 atom stereocenters. The van der Waals surface area contributed by atoms with Crippen molar-refractivity contribution < 1.29 is 4.42 Å². The Hall–Kier alpha value is -1.05. The van der Waals surface area contributed by atoms with Gasteiger partial charge in [0.25, 0.3) is 0 Å². The van der Waals surface area contributed by atoms with E-state index < -0.39 is 0 Å². The number of hydrogen-bond donors (Lipinski definition) is 2. The molecular formula is C8H10N4OS2. The van der Waals surface area contributed by atoms with Gasteiger partial charge in [-0.25, -0.2) is 5.84 Å². The van der Waals surface area contributed by atoms with Crippen molar-refractivity contribution in [3.05, 3.63) is 23.8 Å². The van der Waals surface area contributed by atoms with Crippen molar-refractivity contribution in [1.29, 1.82) is 0 Å². The molecule has 0 bridgehead atoms. The quantitative estimate of drug-likeness (QED) is 0.485. The summed E-state index contributed by atoms with van der Waals surface area (Å²) in [4.78, 5) is 1.12. The lowest BCUT2D eigenvalue weighted by atomic mass is 10.5. The van der Waals surface area contributed by atoms with Crippen LogP contribution in [0.1, 0.15) is 11.5 Å². The highest BCUT2D eigenvalue weighted by Gasteiger charge is 2.08. The smallest absolute Gasteiger partial charge is 0.148 e. The van der Waals surface area contributed by atoms with Crippen LogP contribution >= 0.6 is 23.3 Å². The van der Waals surface area contributed by atoms with Crippen LogP contribution in [0.4, 0.5) is 5.00 Å². The summed E-state index contributed by atoms with van der Waals surface area (Å²) in [5.41, 5.74) is 3.45. The molecule has 0 amide bonds. The first-order valence-corrected chi connectivity index (χ1v) is 6.02. The average molecular weight is 242 g/mol. The van der Waals surface area contributed by atoms with Gasteiger partial charge in [0, 0.05) is 22.2 Å². The van der Waals surface area contributed by atoms with E-state index in [1.807, 2.05) is 13.0 Å². The fraction of sp³-hybridized carbons (Fsp3) is 0.250. The number of aryl methyl sites for hydroxylation is 1. The summed E-state index contributed by atoms with van der Waals surface area (Å²) in [6, 6.07) is 1.94. The SMILES string of the molecule is Cc1occc1SCc1nnsc1NN. The first-order valence-electron chi connectivity index (χ1n) is 4.26. The number of rotatable bonds is 4. The van der Waals surface area contributed by atoms with Crippen LogP contribution in [-0.2, 0) is 5.75 Å². The third kappa shape index (κ3) is 2.31. The summed E-state index contributed by atoms with van der Waals surface area (Å²) in [5.74, 6) is 6.98. The maximum atomic E-state index is 5.33. The second-order valence-corrected chi connectivity index (χ2v) is 4.59. The Morgan fingerprint density at radius 3 is 3.20 bits per heavy atom. The van der Waals surface area contributed by atoms with E-state index in [0.717, 1.165) is 27.1 Å². The lowest BCUT2D eigenvalue weighted by Gasteiger charge is -1.99. The first-order chi connectivity index (χ1) is 7.31. The Bertz CT molecular complexity index is 439. The standard InChI is InChI=1S/C8H10N4OS2/c1-5-7(2-3-13-5)14-4-6-8(10-9)15-12-11-6/h2-3,10H,4,9H2,1H3. The van der Waals surface area contributed by atoms with Crippen LogP contribution in [0.5, 0.6) is 0 Å². The number of furan rings is 1. The predicted molar refractivity (Wildman–Crippen MR) is 60.7 cm³/mol. The average Bonchev–Trinajstić information content (AvgIpc) is 2.83. The van der Waals surface area contributed by atoms with Gasteiger partial charge in [0.05, 0.1) is 6.26 Å². The Kier molecular flexibility index (Phi) is 3.24. The minimum absolute atomic E-state index is 0.733. The van der Waals surface area contributed by atoms with Crippen molar-refractivity contribution in [1.82, 2.24) is 9.59 Å². The Labute approximate surface area is 95.2 Å². The van der Waals surface area contributed by atoms with Crippen LogP contribution in [0.25, 0.3) is 0 Å². The molecule has 0 spiro atoms. The van der Waals surface area contributed by atoms with Crippen LogP contribution in [0.15, 0.2) is 21.6 Å². The van der Waals surface area contributed by atoms with Gasteiger partial charge in [-0.3, -0.25) is 0 Å². The molecule has 80 valence electrons. The van der Waals surface area contributed by atoms with Gasteiger partial charge in [0.2, 0.25) is 0 Å². The summed E-state index contributed by atoms with van der Waals surface area (Å²) in [7, 11) is 0. The molecule has 2 aromatic rings. The van der Waals surface area contributed by atoms with Crippen molar-refractivity contribution in [2.45, 2.75) is 17.6 Å². The van der Waals surface area contributed by atoms with E-state index >= 15 is 0 Å². The number of aromatic nitrogens is 2. The number of nitrogen functional groups attached to an aromatic ring is 1. The molecule has 2 rings (SSSR count). The fourth-order valence-electron chi connectivity index (χ4n) is 1.08. The molecule has 0 saturated carbocycles. The second kappa shape index (κ2) is 4.65. The van der Waals surface area contributed by atoms with Crippen LogP contribution in [-0.4, -0.2) is 9.59 Å². The molecule has 0 aromatic carbocycles. The van der Waals surface area contributed by atoms with Crippen LogP contribution in [0, 0.1) is 6.92 Å². The lowest BCUT2D eigenvalue weighted by Crippen LogP contribution is -2.06. The van der Waals surface area contributed by atoms with Crippen LogP contribution in [0.2, 0.25) is 0 Å². The van der Waals surface area contributed by atoms with Crippen molar-refractivity contribution in [3.63, 3.8) is 0 Å². The first kappa shape index (κ1) is 10.5. The Morgan fingerprint density at radius 1 is 1.67 bits per heavy atom. The van der Waals surface area contributed by atoms with Gasteiger partial charge in [-0.05, 0) is 13.0 Å². The minimum atomic E-state index is 0.733. The van der Waals surface area contributed by atoms with Gasteiger partial charge in [0.1, 0.15) is 16.5 Å². The van der Waals surface area contributed by atoms with Crippen molar-refractivity contribution >= 4 is 28.3 Å². The molecule has 2 aromatic heterocycles. The van der Waals surface area contributed by atoms with E-state index in [1.54, 1.807) is 18.0 Å². The highest BCUT2D eigenvalue weighted by atomic mass is 32.2. The summed E-state index contributed by atoms with van der Waals surface area (Å²) in [6.07, 6.45) is 1.68. The summed E-state index contributed by atoms with van der Waals surface area (Å²) >= 11 is 2.91. The number of thioether (sulfide) groups is 1. The number of nitrogens with zero attached hydrogens (tertiary/aromatic N) is 2. The molecule has 0 radical (unpaired) electrons. The molecule has 3 N–H and O–H groups in total. The van der Waals surface area contributed by atoms with E-state index in [0.29, 0.717) is 0 Å². The van der Waals surface area contributed by atoms with Gasteiger partial charge in [-0.2, -0.15) is 0 Å². The van der Waals surface area contributed by atoms with Gasteiger partial charge in [-0.1, -0.05) is 4.49 Å². The molecule has 0 aliphatic carbocycles. The van der Waals surface area contributed by atoms with E-state index in [1.165, 1.54) is 11.5 Å². The normalized spacial score (nSPS) is 10.5. The van der Waals surface area contributed by atoms with Crippen LogP contribution < -0.4 is 11.3 Å². The number of hydrogen-bond acceptors (Lipinski definition) is 7. The number of nitrogens with two attached hydrogens (primary N) is 1. The number of nitrogens with one attached hydrogen (secondary N) is 1. The van der Waals surface area contributed by atoms with Crippen molar-refractivity contribution in [3.8, 4) is 0 Å². The molecular weight excluding hydrogens is 232 g/mol. The highest BCUT2D eigenvalue weighted by Crippen LogP contribution is 2.29. The van der Waals surface area contributed by atoms with Gasteiger partial charge >= 0.3 is 0 Å². The minimum Gasteiger partial charge on any atom is -0.468 e. The Balaban J connectivity index is 2.02. The fourth-order valence-corrected chi connectivity index (χ4v) is 2.56. The van der Waals surface area contributed by atoms with Gasteiger partial charge in [0.15, 0.2) is 0 Å². The maximum absolute atomic E-state index is 5.33. The molecule has 15 heavy (non-hydrogen) atoms. The van der Waals surface area contributed by atoms with Gasteiger partial charge in [-0.15, -0.1) is 16.9 Å². The zero-order valence-electron chi connectivity index (χ0n) is 8.06. The van der Waals surface area contributed by atoms with E-state index in [4.69, 9.17) is 10.3 Å². The molecule has 7 heteroatoms.